The topological polar surface area (TPSA) is 78.9 Å². The molecule has 71 heavy (non-hydrogen) atoms. The van der Waals surface area contributed by atoms with Gasteiger partial charge in [-0.3, -0.25) is 14.4 Å². The van der Waals surface area contributed by atoms with Crippen molar-refractivity contribution >= 4 is 17.9 Å². The molecule has 0 radical (unpaired) electrons. The van der Waals surface area contributed by atoms with Gasteiger partial charge >= 0.3 is 17.9 Å². The average Bonchev–Trinajstić information content (AvgIpc) is 3.37. The van der Waals surface area contributed by atoms with Crippen LogP contribution in [-0.2, 0) is 28.6 Å². The Morgan fingerprint density at radius 2 is 0.563 bits per heavy atom. The predicted molar refractivity (Wildman–Crippen MR) is 307 cm³/mol. The number of hydrogen-bond acceptors (Lipinski definition) is 6. The van der Waals surface area contributed by atoms with E-state index in [9.17, 15) is 14.4 Å². The first-order valence-electron chi connectivity index (χ1n) is 30.4. The second-order valence-corrected chi connectivity index (χ2v) is 20.2. The van der Waals surface area contributed by atoms with Crippen molar-refractivity contribution in [1.29, 1.82) is 0 Å². The van der Waals surface area contributed by atoms with Gasteiger partial charge in [0.25, 0.3) is 0 Å². The normalized spacial score (nSPS) is 12.5. The van der Waals surface area contributed by atoms with Crippen molar-refractivity contribution in [2.75, 3.05) is 13.2 Å². The molecular weight excluding hydrogens is 877 g/mol. The first kappa shape index (κ1) is 67.8. The fourth-order valence-corrected chi connectivity index (χ4v) is 8.59. The molecule has 6 nitrogen and oxygen atoms in total. The number of rotatable bonds is 55. The van der Waals surface area contributed by atoms with Crippen LogP contribution in [0.2, 0.25) is 0 Å². The molecule has 0 rings (SSSR count). The number of unbranched alkanes of at least 4 members (excludes halogenated alkanes) is 32. The highest BCUT2D eigenvalue weighted by atomic mass is 16.6. The molecular formula is C65H114O6. The average molecular weight is 992 g/mol. The van der Waals surface area contributed by atoms with Crippen molar-refractivity contribution in [2.24, 2.45) is 0 Å². The summed E-state index contributed by atoms with van der Waals surface area (Å²) >= 11 is 0. The van der Waals surface area contributed by atoms with E-state index in [-0.39, 0.29) is 37.5 Å². The van der Waals surface area contributed by atoms with Gasteiger partial charge in [0.15, 0.2) is 6.10 Å². The van der Waals surface area contributed by atoms with Gasteiger partial charge in [-0.05, 0) is 103 Å². The molecule has 410 valence electrons. The molecule has 0 N–H and O–H groups in total. The van der Waals surface area contributed by atoms with Crippen LogP contribution in [0.5, 0.6) is 0 Å². The summed E-state index contributed by atoms with van der Waals surface area (Å²) in [6.45, 7) is 6.47. The van der Waals surface area contributed by atoms with E-state index in [2.05, 4.69) is 93.7 Å². The number of carbonyl (C=O) groups excluding carboxylic acids is 3. The molecule has 1 atom stereocenters. The summed E-state index contributed by atoms with van der Waals surface area (Å²) in [5.74, 6) is -0.937. The summed E-state index contributed by atoms with van der Waals surface area (Å²) in [5.41, 5.74) is 0. The van der Waals surface area contributed by atoms with E-state index >= 15 is 0 Å². The van der Waals surface area contributed by atoms with Crippen LogP contribution in [0, 0.1) is 0 Å². The first-order valence-corrected chi connectivity index (χ1v) is 30.4. The number of carbonyl (C=O) groups is 3. The van der Waals surface area contributed by atoms with Crippen molar-refractivity contribution in [3.8, 4) is 0 Å². The molecule has 0 aliphatic carbocycles. The summed E-state index contributed by atoms with van der Waals surface area (Å²) in [6, 6.07) is 0. The highest BCUT2D eigenvalue weighted by molar-refractivity contribution is 5.71. The highest BCUT2D eigenvalue weighted by Gasteiger charge is 2.19. The predicted octanol–water partition coefficient (Wildman–Crippen LogP) is 20.5. The Balaban J connectivity index is 4.22. The molecule has 0 aliphatic rings. The number of hydrogen-bond donors (Lipinski definition) is 0. The van der Waals surface area contributed by atoms with Crippen molar-refractivity contribution < 1.29 is 28.6 Å². The summed E-state index contributed by atoms with van der Waals surface area (Å²) in [7, 11) is 0. The molecule has 0 heterocycles. The molecule has 0 bridgehead atoms. The lowest BCUT2D eigenvalue weighted by Crippen LogP contribution is -2.30. The van der Waals surface area contributed by atoms with Gasteiger partial charge in [-0.2, -0.15) is 0 Å². The minimum Gasteiger partial charge on any atom is -0.462 e. The number of allylic oxidation sites excluding steroid dienone is 12. The van der Waals surface area contributed by atoms with Crippen LogP contribution < -0.4 is 0 Å². The molecule has 1 unspecified atom stereocenters. The van der Waals surface area contributed by atoms with Crippen LogP contribution in [0.15, 0.2) is 72.9 Å². The zero-order chi connectivity index (χ0) is 51.4. The van der Waals surface area contributed by atoms with Crippen LogP contribution in [-0.4, -0.2) is 37.2 Å². The third kappa shape index (κ3) is 57.6. The lowest BCUT2D eigenvalue weighted by molar-refractivity contribution is -0.167. The van der Waals surface area contributed by atoms with E-state index in [1.165, 1.54) is 173 Å². The van der Waals surface area contributed by atoms with Crippen molar-refractivity contribution in [3.63, 3.8) is 0 Å². The monoisotopic (exact) mass is 991 g/mol. The lowest BCUT2D eigenvalue weighted by atomic mass is 10.0. The van der Waals surface area contributed by atoms with E-state index in [0.717, 1.165) is 83.5 Å². The van der Waals surface area contributed by atoms with Gasteiger partial charge in [-0.15, -0.1) is 0 Å². The maximum absolute atomic E-state index is 12.8. The Bertz CT molecular complexity index is 1320. The van der Waals surface area contributed by atoms with Crippen LogP contribution >= 0.6 is 0 Å². The molecule has 6 heteroatoms. The number of ether oxygens (including phenoxy) is 3. The maximum atomic E-state index is 12.8. The molecule has 0 aliphatic heterocycles. The quantitative estimate of drug-likeness (QED) is 0.0261. The fourth-order valence-electron chi connectivity index (χ4n) is 8.59. The van der Waals surface area contributed by atoms with Gasteiger partial charge in [0, 0.05) is 19.3 Å². The van der Waals surface area contributed by atoms with Gasteiger partial charge < -0.3 is 14.2 Å². The Kier molecular flexibility index (Phi) is 56.8. The minimum absolute atomic E-state index is 0.0932. The second kappa shape index (κ2) is 59.4. The maximum Gasteiger partial charge on any atom is 0.306 e. The zero-order valence-corrected chi connectivity index (χ0v) is 47.0. The molecule has 0 aromatic carbocycles. The zero-order valence-electron chi connectivity index (χ0n) is 47.0. The fraction of sp³-hybridized carbons (Fsp3) is 0.769. The van der Waals surface area contributed by atoms with Gasteiger partial charge in [-0.25, -0.2) is 0 Å². The van der Waals surface area contributed by atoms with Gasteiger partial charge in [0.2, 0.25) is 0 Å². The standard InChI is InChI=1S/C65H114O6/c1-4-7-10-13-16-19-22-24-26-27-28-29-30-31-32-33-34-35-36-37-39-40-43-46-49-52-55-58-64(67)70-61-62(60-69-63(66)57-54-51-48-45-42-21-18-15-12-9-6-3)71-65(68)59-56-53-50-47-44-41-38-25-23-20-17-14-11-8-5-2/h8,11,15,17-18,20,25,27-28,38,44,47,62H,4-7,9-10,12-14,16,19,21-24,26,29-37,39-43,45-46,48-61H2,1-3H3/b11-8-,18-15-,20-17-,28-27-,38-25-,47-44-. The molecule has 0 spiro atoms. The van der Waals surface area contributed by atoms with Crippen molar-refractivity contribution in [1.82, 2.24) is 0 Å². The highest BCUT2D eigenvalue weighted by Crippen LogP contribution is 2.16. The van der Waals surface area contributed by atoms with Crippen molar-refractivity contribution in [3.05, 3.63) is 72.9 Å². The largest absolute Gasteiger partial charge is 0.462 e. The van der Waals surface area contributed by atoms with E-state index in [4.69, 9.17) is 14.2 Å². The smallest absolute Gasteiger partial charge is 0.306 e. The second-order valence-electron chi connectivity index (χ2n) is 20.2. The Labute approximate surface area is 440 Å². The lowest BCUT2D eigenvalue weighted by Gasteiger charge is -2.18. The molecule has 0 aromatic rings. The molecule has 0 aromatic heterocycles. The SMILES string of the molecule is CC/C=C\C/C=C\C/C=C\C/C=C\CCCCC(=O)OC(COC(=O)CCCCCCC/C=C\CCCC)COC(=O)CCCCCCCCCCCCCCCCC/C=C\CCCCCCCCCC. The molecule has 0 amide bonds. The van der Waals surface area contributed by atoms with E-state index in [1.54, 1.807) is 0 Å². The summed E-state index contributed by atoms with van der Waals surface area (Å²) < 4.78 is 16.8. The Morgan fingerprint density at radius 1 is 0.296 bits per heavy atom. The first-order chi connectivity index (χ1) is 35.0. The summed E-state index contributed by atoms with van der Waals surface area (Å²) in [4.78, 5) is 38.1. The Morgan fingerprint density at radius 3 is 0.944 bits per heavy atom. The van der Waals surface area contributed by atoms with E-state index < -0.39 is 6.10 Å². The molecule has 0 saturated heterocycles. The van der Waals surface area contributed by atoms with Crippen molar-refractivity contribution in [2.45, 2.75) is 309 Å². The van der Waals surface area contributed by atoms with E-state index in [1.807, 2.05) is 0 Å². The van der Waals surface area contributed by atoms with Gasteiger partial charge in [0.05, 0.1) is 0 Å². The van der Waals surface area contributed by atoms with Gasteiger partial charge in [-0.1, -0.05) is 254 Å². The minimum atomic E-state index is -0.799. The van der Waals surface area contributed by atoms with Gasteiger partial charge in [0.1, 0.15) is 13.2 Å². The van der Waals surface area contributed by atoms with E-state index in [0.29, 0.717) is 19.3 Å². The Hall–Kier alpha value is -3.15. The third-order valence-electron chi connectivity index (χ3n) is 13.2. The summed E-state index contributed by atoms with van der Waals surface area (Å²) in [5, 5.41) is 0. The molecule has 0 fully saturated rings. The van der Waals surface area contributed by atoms with Crippen LogP contribution in [0.1, 0.15) is 303 Å². The molecule has 0 saturated carbocycles. The summed E-state index contributed by atoms with van der Waals surface area (Å²) in [6.07, 6.45) is 76.4. The third-order valence-corrected chi connectivity index (χ3v) is 13.2. The van der Waals surface area contributed by atoms with Crippen LogP contribution in [0.3, 0.4) is 0 Å². The van der Waals surface area contributed by atoms with Crippen LogP contribution in [0.25, 0.3) is 0 Å². The van der Waals surface area contributed by atoms with Crippen LogP contribution in [0.4, 0.5) is 0 Å². The number of esters is 3.